The molecule has 4 heterocycles. The number of halogens is 3. The van der Waals surface area contributed by atoms with E-state index >= 15 is 0 Å². The van der Waals surface area contributed by atoms with Gasteiger partial charge in [0.05, 0.1) is 0 Å². The second kappa shape index (κ2) is 12.2. The number of pyridine rings is 2. The third-order valence-corrected chi connectivity index (χ3v) is 6.94. The first-order valence-corrected chi connectivity index (χ1v) is 12.7. The lowest BCUT2D eigenvalue weighted by atomic mass is 10.3. The Balaban J connectivity index is 0.000000136. The Morgan fingerprint density at radius 2 is 1.26 bits per heavy atom. The monoisotopic (exact) mass is 616 g/mol. The second-order valence-corrected chi connectivity index (χ2v) is 9.92. The highest BCUT2D eigenvalue weighted by Gasteiger charge is 2.05. The lowest BCUT2D eigenvalue weighted by Crippen LogP contribution is -1.75. The van der Waals surface area contributed by atoms with E-state index in [1.165, 1.54) is 33.2 Å². The van der Waals surface area contributed by atoms with Crippen LogP contribution in [0.5, 0.6) is 0 Å². The van der Waals surface area contributed by atoms with Crippen LogP contribution in [-0.2, 0) is 0 Å². The molecule has 0 saturated heterocycles. The summed E-state index contributed by atoms with van der Waals surface area (Å²) < 4.78 is 26.1. The molecule has 176 valence electrons. The summed E-state index contributed by atoms with van der Waals surface area (Å²) in [6.07, 6.45) is 7.42. The number of H-pyrrole nitrogens is 2. The number of benzene rings is 2. The lowest BCUT2D eigenvalue weighted by molar-refractivity contribution is 0.626. The standard InChI is InChI=1S/C13H9FN2S.C7H5IN2.C6H5FS/c14-9-3-5-10(6-4-9)17-12-8-16-13-11(12)2-1-7-15-13;8-6-4-10-7-5(6)2-1-3-9-7;7-5-1-3-6(8)4-2-5/h1-8H,(H,15,16);1-4H,(H,9,10);1-4,8H. The van der Waals surface area contributed by atoms with Gasteiger partial charge in [-0.15, -0.1) is 12.6 Å². The minimum Gasteiger partial charge on any atom is -0.345 e. The van der Waals surface area contributed by atoms with Crippen LogP contribution >= 0.6 is 47.0 Å². The summed E-state index contributed by atoms with van der Waals surface area (Å²) in [5, 5.41) is 2.28. The third kappa shape index (κ3) is 7.06. The van der Waals surface area contributed by atoms with Crippen LogP contribution in [0.4, 0.5) is 8.78 Å². The van der Waals surface area contributed by atoms with Crippen molar-refractivity contribution in [1.29, 1.82) is 0 Å². The molecule has 2 aromatic carbocycles. The van der Waals surface area contributed by atoms with Crippen LogP contribution in [0, 0.1) is 15.2 Å². The topological polar surface area (TPSA) is 57.4 Å². The van der Waals surface area contributed by atoms with E-state index in [-0.39, 0.29) is 11.6 Å². The summed E-state index contributed by atoms with van der Waals surface area (Å²) in [4.78, 5) is 17.4. The Labute approximate surface area is 224 Å². The van der Waals surface area contributed by atoms with Gasteiger partial charge in [-0.1, -0.05) is 11.8 Å². The molecule has 35 heavy (non-hydrogen) atoms. The van der Waals surface area contributed by atoms with Gasteiger partial charge in [-0.3, -0.25) is 0 Å². The minimum absolute atomic E-state index is 0.213. The summed E-state index contributed by atoms with van der Waals surface area (Å²) >= 11 is 7.84. The molecule has 0 aliphatic heterocycles. The number of nitrogens with zero attached hydrogens (tertiary/aromatic N) is 2. The van der Waals surface area contributed by atoms with Gasteiger partial charge in [0.25, 0.3) is 0 Å². The summed E-state index contributed by atoms with van der Waals surface area (Å²) in [5.41, 5.74) is 1.84. The van der Waals surface area contributed by atoms with Crippen molar-refractivity contribution in [3.05, 3.63) is 113 Å². The zero-order chi connectivity index (χ0) is 24.6. The summed E-state index contributed by atoms with van der Waals surface area (Å²) in [6, 6.07) is 20.4. The number of fused-ring (bicyclic) bond motifs is 2. The van der Waals surface area contributed by atoms with Crippen molar-refractivity contribution in [2.24, 2.45) is 0 Å². The average Bonchev–Trinajstić information content (AvgIpc) is 3.47. The first kappa shape index (κ1) is 25.2. The zero-order valence-electron chi connectivity index (χ0n) is 18.1. The van der Waals surface area contributed by atoms with Gasteiger partial charge in [-0.25, -0.2) is 18.7 Å². The van der Waals surface area contributed by atoms with Crippen LogP contribution < -0.4 is 0 Å². The van der Waals surface area contributed by atoms with Crippen LogP contribution in [0.25, 0.3) is 22.1 Å². The van der Waals surface area contributed by atoms with Gasteiger partial charge in [0.2, 0.25) is 0 Å². The Morgan fingerprint density at radius 1 is 0.714 bits per heavy atom. The van der Waals surface area contributed by atoms with Crippen molar-refractivity contribution in [1.82, 2.24) is 19.9 Å². The lowest BCUT2D eigenvalue weighted by Gasteiger charge is -1.99. The number of rotatable bonds is 2. The predicted octanol–water partition coefficient (Wildman–Crippen LogP) is 8.14. The molecule has 6 rings (SSSR count). The molecule has 0 atom stereocenters. The number of hydrogen-bond acceptors (Lipinski definition) is 4. The highest BCUT2D eigenvalue weighted by molar-refractivity contribution is 14.1. The molecular formula is C26H19F2IN4S2. The molecule has 0 amide bonds. The van der Waals surface area contributed by atoms with Gasteiger partial charge < -0.3 is 9.97 Å². The molecule has 4 nitrogen and oxygen atoms in total. The minimum atomic E-state index is -0.220. The maximum absolute atomic E-state index is 12.8. The fourth-order valence-corrected chi connectivity index (χ4v) is 4.67. The average molecular weight is 616 g/mol. The molecule has 0 saturated carbocycles. The van der Waals surface area contributed by atoms with Gasteiger partial charge in [0.15, 0.2) is 0 Å². The van der Waals surface area contributed by atoms with E-state index < -0.39 is 0 Å². The maximum Gasteiger partial charge on any atom is 0.138 e. The van der Waals surface area contributed by atoms with Gasteiger partial charge in [-0.2, -0.15) is 0 Å². The molecular weight excluding hydrogens is 597 g/mol. The fraction of sp³-hybridized carbons (Fsp3) is 0. The maximum atomic E-state index is 12.8. The molecule has 0 spiro atoms. The van der Waals surface area contributed by atoms with Gasteiger partial charge in [0, 0.05) is 53.8 Å². The van der Waals surface area contributed by atoms with Crippen molar-refractivity contribution in [2.45, 2.75) is 14.7 Å². The smallest absolute Gasteiger partial charge is 0.138 e. The third-order valence-electron chi connectivity index (χ3n) is 4.68. The summed E-state index contributed by atoms with van der Waals surface area (Å²) in [6.45, 7) is 0. The predicted molar refractivity (Wildman–Crippen MR) is 149 cm³/mol. The van der Waals surface area contributed by atoms with Crippen molar-refractivity contribution in [2.75, 3.05) is 0 Å². The fourth-order valence-electron chi connectivity index (χ4n) is 3.01. The molecule has 0 fully saturated rings. The van der Waals surface area contributed by atoms with Gasteiger partial charge in [0.1, 0.15) is 22.9 Å². The largest absolute Gasteiger partial charge is 0.345 e. The highest BCUT2D eigenvalue weighted by atomic mass is 127. The molecule has 6 aromatic rings. The van der Waals surface area contributed by atoms with E-state index in [1.54, 1.807) is 48.4 Å². The van der Waals surface area contributed by atoms with E-state index in [4.69, 9.17) is 0 Å². The first-order chi connectivity index (χ1) is 17.0. The first-order valence-electron chi connectivity index (χ1n) is 10.4. The molecule has 2 N–H and O–H groups in total. The van der Waals surface area contributed by atoms with Crippen molar-refractivity contribution in [3.63, 3.8) is 0 Å². The van der Waals surface area contributed by atoms with Crippen molar-refractivity contribution >= 4 is 69.0 Å². The Kier molecular flexibility index (Phi) is 8.78. The molecule has 0 bridgehead atoms. The highest BCUT2D eigenvalue weighted by Crippen LogP contribution is 2.32. The summed E-state index contributed by atoms with van der Waals surface area (Å²) in [5.74, 6) is -0.433. The van der Waals surface area contributed by atoms with Crippen molar-refractivity contribution < 1.29 is 8.78 Å². The van der Waals surface area contributed by atoms with Crippen LogP contribution in [0.15, 0.2) is 112 Å². The van der Waals surface area contributed by atoms with Gasteiger partial charge >= 0.3 is 0 Å². The Morgan fingerprint density at radius 3 is 1.86 bits per heavy atom. The van der Waals surface area contributed by atoms with E-state index in [9.17, 15) is 8.78 Å². The molecule has 0 aliphatic rings. The molecule has 0 aliphatic carbocycles. The van der Waals surface area contributed by atoms with Crippen LogP contribution in [0.2, 0.25) is 0 Å². The number of aromatic amines is 2. The van der Waals surface area contributed by atoms with Crippen molar-refractivity contribution in [3.8, 4) is 0 Å². The second-order valence-electron chi connectivity index (χ2n) is 7.12. The number of aromatic nitrogens is 4. The Bertz CT molecular complexity index is 1500. The van der Waals surface area contributed by atoms with Crippen LogP contribution in [0.3, 0.4) is 0 Å². The molecule has 0 unspecified atom stereocenters. The molecule has 0 radical (unpaired) electrons. The SMILES string of the molecule is Fc1ccc(S)cc1.Fc1ccc(Sc2c[nH]c3ncccc23)cc1.Ic1c[nH]c2ncccc12. The van der Waals surface area contributed by atoms with E-state index in [2.05, 4.69) is 61.2 Å². The normalized spacial score (nSPS) is 10.4. The van der Waals surface area contributed by atoms with E-state index in [1.807, 2.05) is 30.6 Å². The van der Waals surface area contributed by atoms with Gasteiger partial charge in [-0.05, 0) is 95.4 Å². The molecule has 4 aromatic heterocycles. The Hall–Kier alpha value is -2.89. The van der Waals surface area contributed by atoms with E-state index in [0.717, 1.165) is 31.4 Å². The van der Waals surface area contributed by atoms with Crippen LogP contribution in [0.1, 0.15) is 0 Å². The quantitative estimate of drug-likeness (QED) is 0.136. The summed E-state index contributed by atoms with van der Waals surface area (Å²) in [7, 11) is 0. The number of thiol groups is 1. The van der Waals surface area contributed by atoms with E-state index in [0.29, 0.717) is 0 Å². The number of hydrogen-bond donors (Lipinski definition) is 3. The van der Waals surface area contributed by atoms with Crippen LogP contribution in [-0.4, -0.2) is 19.9 Å². The number of nitrogens with one attached hydrogen (secondary N) is 2. The molecule has 9 heteroatoms. The zero-order valence-corrected chi connectivity index (χ0v) is 22.0.